The number of nitrogens with one attached hydrogen (secondary N) is 1. The van der Waals surface area contributed by atoms with Gasteiger partial charge in [-0.3, -0.25) is 14.9 Å². The zero-order valence-corrected chi connectivity index (χ0v) is 14.8. The second-order valence-corrected chi connectivity index (χ2v) is 6.71. The van der Waals surface area contributed by atoms with E-state index in [9.17, 15) is 14.9 Å². The standard InChI is InChI=1S/C17H12N6O3S/c1-10-5-6-11(8-14(10)23(25)26)15(24)19-13-4-2-3-12(7-13)16-21-22-9-18-20-17(22)27-16/h2-9H,1H3,(H,19,24). The summed E-state index contributed by atoms with van der Waals surface area (Å²) in [4.78, 5) is 23.7. The third-order valence-corrected chi connectivity index (χ3v) is 4.88. The number of amides is 1. The van der Waals surface area contributed by atoms with Gasteiger partial charge in [-0.1, -0.05) is 29.5 Å². The molecule has 0 aliphatic carbocycles. The van der Waals surface area contributed by atoms with Gasteiger partial charge >= 0.3 is 0 Å². The lowest BCUT2D eigenvalue weighted by Gasteiger charge is -2.07. The van der Waals surface area contributed by atoms with Crippen LogP contribution in [0, 0.1) is 17.0 Å². The van der Waals surface area contributed by atoms with Crippen molar-refractivity contribution in [2.24, 2.45) is 0 Å². The van der Waals surface area contributed by atoms with E-state index >= 15 is 0 Å². The van der Waals surface area contributed by atoms with E-state index in [1.54, 1.807) is 41.8 Å². The first kappa shape index (κ1) is 16.8. The summed E-state index contributed by atoms with van der Waals surface area (Å²) in [6.07, 6.45) is 1.52. The van der Waals surface area contributed by atoms with Crippen LogP contribution in [0.5, 0.6) is 0 Å². The molecule has 2 heterocycles. The normalized spacial score (nSPS) is 10.9. The smallest absolute Gasteiger partial charge is 0.273 e. The number of nitro benzene ring substituents is 1. The van der Waals surface area contributed by atoms with Crippen molar-refractivity contribution in [2.45, 2.75) is 6.92 Å². The molecule has 134 valence electrons. The molecule has 0 radical (unpaired) electrons. The number of fused-ring (bicyclic) bond motifs is 1. The number of benzene rings is 2. The molecule has 0 atom stereocenters. The van der Waals surface area contributed by atoms with Crippen LogP contribution >= 0.6 is 11.3 Å². The first-order chi connectivity index (χ1) is 13.0. The van der Waals surface area contributed by atoms with E-state index in [-0.39, 0.29) is 11.3 Å². The van der Waals surface area contributed by atoms with Crippen molar-refractivity contribution < 1.29 is 9.72 Å². The highest BCUT2D eigenvalue weighted by Crippen LogP contribution is 2.27. The zero-order valence-electron chi connectivity index (χ0n) is 14.0. The number of hydrogen-bond acceptors (Lipinski definition) is 7. The molecule has 2 aromatic carbocycles. The summed E-state index contributed by atoms with van der Waals surface area (Å²) in [6, 6.07) is 11.6. The summed E-state index contributed by atoms with van der Waals surface area (Å²) in [5, 5.41) is 26.7. The summed E-state index contributed by atoms with van der Waals surface area (Å²) in [6.45, 7) is 1.63. The molecule has 0 fully saturated rings. The third kappa shape index (κ3) is 3.25. The molecular formula is C17H12N6O3S. The van der Waals surface area contributed by atoms with Crippen LogP contribution in [0.2, 0.25) is 0 Å². The Labute approximate surface area is 156 Å². The van der Waals surface area contributed by atoms with E-state index in [1.807, 2.05) is 6.07 Å². The Hall–Kier alpha value is -3.66. The lowest BCUT2D eigenvalue weighted by Crippen LogP contribution is -2.12. The van der Waals surface area contributed by atoms with Crippen molar-refractivity contribution in [1.82, 2.24) is 19.8 Å². The fraction of sp³-hybridized carbons (Fsp3) is 0.0588. The Morgan fingerprint density at radius 3 is 2.89 bits per heavy atom. The largest absolute Gasteiger partial charge is 0.322 e. The van der Waals surface area contributed by atoms with Crippen molar-refractivity contribution in [3.05, 3.63) is 70.0 Å². The monoisotopic (exact) mass is 380 g/mol. The summed E-state index contributed by atoms with van der Waals surface area (Å²) >= 11 is 1.38. The highest BCUT2D eigenvalue weighted by atomic mass is 32.1. The fourth-order valence-corrected chi connectivity index (χ4v) is 3.37. The van der Waals surface area contributed by atoms with Gasteiger partial charge in [0.15, 0.2) is 0 Å². The second-order valence-electron chi connectivity index (χ2n) is 5.76. The van der Waals surface area contributed by atoms with Gasteiger partial charge in [0.25, 0.3) is 11.6 Å². The highest BCUT2D eigenvalue weighted by Gasteiger charge is 2.15. The molecule has 27 heavy (non-hydrogen) atoms. The third-order valence-electron chi connectivity index (χ3n) is 3.92. The minimum Gasteiger partial charge on any atom is -0.322 e. The maximum Gasteiger partial charge on any atom is 0.273 e. The summed E-state index contributed by atoms with van der Waals surface area (Å²) < 4.78 is 1.58. The Kier molecular flexibility index (Phi) is 4.09. The topological polar surface area (TPSA) is 115 Å². The number of anilines is 1. The van der Waals surface area contributed by atoms with Crippen molar-refractivity contribution in [3.63, 3.8) is 0 Å². The molecule has 4 rings (SSSR count). The molecule has 0 spiro atoms. The summed E-state index contributed by atoms with van der Waals surface area (Å²) in [5.41, 5.74) is 2.01. The average Bonchev–Trinajstić information content (AvgIpc) is 3.24. The number of rotatable bonds is 4. The molecule has 0 unspecified atom stereocenters. The van der Waals surface area contributed by atoms with Crippen LogP contribution in [0.1, 0.15) is 15.9 Å². The van der Waals surface area contributed by atoms with Crippen LogP contribution in [0.3, 0.4) is 0 Å². The molecule has 2 aromatic heterocycles. The van der Waals surface area contributed by atoms with Gasteiger partial charge in [0.1, 0.15) is 11.3 Å². The molecule has 0 aliphatic heterocycles. The lowest BCUT2D eigenvalue weighted by molar-refractivity contribution is -0.385. The predicted octanol–water partition coefficient (Wildman–Crippen LogP) is 3.32. The van der Waals surface area contributed by atoms with Crippen LogP contribution in [0.15, 0.2) is 48.8 Å². The predicted molar refractivity (Wildman–Crippen MR) is 99.9 cm³/mol. The Morgan fingerprint density at radius 2 is 2.11 bits per heavy atom. The van der Waals surface area contributed by atoms with Gasteiger partial charge in [-0.15, -0.1) is 10.2 Å². The molecule has 0 bridgehead atoms. The van der Waals surface area contributed by atoms with Crippen LogP contribution in [0.4, 0.5) is 11.4 Å². The summed E-state index contributed by atoms with van der Waals surface area (Å²) in [5.74, 6) is -0.423. The van der Waals surface area contributed by atoms with Gasteiger partial charge in [0, 0.05) is 28.4 Å². The number of hydrogen-bond donors (Lipinski definition) is 1. The van der Waals surface area contributed by atoms with Gasteiger partial charge in [0.2, 0.25) is 4.96 Å². The van der Waals surface area contributed by atoms with E-state index in [4.69, 9.17) is 0 Å². The Bertz CT molecular complexity index is 1150. The second kappa shape index (κ2) is 6.57. The number of aromatic nitrogens is 4. The van der Waals surface area contributed by atoms with E-state index in [2.05, 4.69) is 20.6 Å². The molecule has 0 saturated carbocycles. The molecule has 0 aliphatic rings. The van der Waals surface area contributed by atoms with Crippen molar-refractivity contribution in [1.29, 1.82) is 0 Å². The van der Waals surface area contributed by atoms with E-state index in [0.29, 0.717) is 16.2 Å². The average molecular weight is 380 g/mol. The highest BCUT2D eigenvalue weighted by molar-refractivity contribution is 7.19. The number of carbonyl (C=O) groups excluding carboxylic acids is 1. The van der Waals surface area contributed by atoms with E-state index in [1.165, 1.54) is 23.7 Å². The molecule has 1 N–H and O–H groups in total. The number of carbonyl (C=O) groups is 1. The molecule has 9 nitrogen and oxygen atoms in total. The van der Waals surface area contributed by atoms with Gasteiger partial charge in [-0.05, 0) is 25.1 Å². The number of aryl methyl sites for hydroxylation is 1. The van der Waals surface area contributed by atoms with Crippen LogP contribution in [-0.2, 0) is 0 Å². The van der Waals surface area contributed by atoms with Gasteiger partial charge < -0.3 is 5.32 Å². The molecule has 1 amide bonds. The molecule has 0 saturated heterocycles. The van der Waals surface area contributed by atoms with Crippen LogP contribution < -0.4 is 5.32 Å². The first-order valence-corrected chi connectivity index (χ1v) is 8.66. The molecule has 10 heteroatoms. The van der Waals surface area contributed by atoms with E-state index < -0.39 is 10.8 Å². The maximum atomic E-state index is 12.5. The Morgan fingerprint density at radius 1 is 1.26 bits per heavy atom. The van der Waals surface area contributed by atoms with Gasteiger partial charge in [-0.25, -0.2) is 0 Å². The van der Waals surface area contributed by atoms with Crippen molar-refractivity contribution in [2.75, 3.05) is 5.32 Å². The van der Waals surface area contributed by atoms with Crippen molar-refractivity contribution in [3.8, 4) is 10.6 Å². The SMILES string of the molecule is Cc1ccc(C(=O)Nc2cccc(-c3nn4cnnc4s3)c2)cc1[N+](=O)[O-]. The first-order valence-electron chi connectivity index (χ1n) is 7.85. The van der Waals surface area contributed by atoms with Gasteiger partial charge in [0.05, 0.1) is 4.92 Å². The van der Waals surface area contributed by atoms with Gasteiger partial charge in [-0.2, -0.15) is 9.61 Å². The molecule has 4 aromatic rings. The fourth-order valence-electron chi connectivity index (χ4n) is 2.56. The van der Waals surface area contributed by atoms with Crippen molar-refractivity contribution >= 4 is 33.6 Å². The van der Waals surface area contributed by atoms with Crippen LogP contribution in [-0.4, -0.2) is 30.6 Å². The Balaban J connectivity index is 1.59. The minimum atomic E-state index is -0.500. The quantitative estimate of drug-likeness (QED) is 0.429. The minimum absolute atomic E-state index is 0.0869. The zero-order chi connectivity index (χ0) is 19.0. The maximum absolute atomic E-state index is 12.5. The number of nitro groups is 1. The summed E-state index contributed by atoms with van der Waals surface area (Å²) in [7, 11) is 0. The number of nitrogens with zero attached hydrogens (tertiary/aromatic N) is 5. The lowest BCUT2D eigenvalue weighted by atomic mass is 10.1. The van der Waals surface area contributed by atoms with Crippen LogP contribution in [0.25, 0.3) is 15.5 Å². The van der Waals surface area contributed by atoms with E-state index in [0.717, 1.165) is 10.6 Å². The molecular weight excluding hydrogens is 368 g/mol.